The molecule has 1 saturated heterocycles. The van der Waals surface area contributed by atoms with Crippen molar-refractivity contribution in [3.63, 3.8) is 0 Å². The van der Waals surface area contributed by atoms with Crippen LogP contribution in [0.2, 0.25) is 0 Å². The van der Waals surface area contributed by atoms with E-state index in [-0.39, 0.29) is 11.8 Å². The van der Waals surface area contributed by atoms with E-state index in [1.54, 1.807) is 17.7 Å². The Bertz CT molecular complexity index is 1270. The topological polar surface area (TPSA) is 71.0 Å². The number of anilines is 2. The van der Waals surface area contributed by atoms with E-state index in [2.05, 4.69) is 70.2 Å². The number of thiophene rings is 1. The number of carbonyl (C=O) groups is 1. The second-order valence-corrected chi connectivity index (χ2v) is 10.4. The van der Waals surface area contributed by atoms with Gasteiger partial charge in [0.15, 0.2) is 5.13 Å². The number of carbonyl (C=O) groups excluding carboxylic acids is 1. The maximum Gasteiger partial charge on any atom is 0.229 e. The van der Waals surface area contributed by atoms with Crippen molar-refractivity contribution in [2.75, 3.05) is 23.3 Å². The Morgan fingerprint density at radius 2 is 1.84 bits per heavy atom. The van der Waals surface area contributed by atoms with E-state index in [0.29, 0.717) is 5.13 Å². The van der Waals surface area contributed by atoms with Crippen LogP contribution in [0.5, 0.6) is 0 Å². The van der Waals surface area contributed by atoms with Crippen molar-refractivity contribution < 1.29 is 4.79 Å². The molecule has 32 heavy (non-hydrogen) atoms. The van der Waals surface area contributed by atoms with Crippen LogP contribution in [0.1, 0.15) is 28.8 Å². The molecule has 6 nitrogen and oxygen atoms in total. The summed E-state index contributed by atoms with van der Waals surface area (Å²) in [6.45, 7) is 7.96. The molecule has 0 spiro atoms. The number of thiazole rings is 1. The third-order valence-corrected chi connectivity index (χ3v) is 8.07. The van der Waals surface area contributed by atoms with Crippen LogP contribution >= 0.6 is 22.7 Å². The second kappa shape index (κ2) is 8.60. The summed E-state index contributed by atoms with van der Waals surface area (Å²) in [7, 11) is 0. The maximum absolute atomic E-state index is 12.9. The Morgan fingerprint density at radius 1 is 1.09 bits per heavy atom. The number of piperidine rings is 1. The highest BCUT2D eigenvalue weighted by Crippen LogP contribution is 2.36. The molecule has 0 unspecified atom stereocenters. The van der Waals surface area contributed by atoms with E-state index in [1.807, 2.05) is 5.38 Å². The molecule has 1 aromatic carbocycles. The Labute approximate surface area is 195 Å². The monoisotopic (exact) mass is 463 g/mol. The number of nitrogens with one attached hydrogen (secondary N) is 1. The van der Waals surface area contributed by atoms with Crippen molar-refractivity contribution in [2.45, 2.75) is 33.6 Å². The van der Waals surface area contributed by atoms with Crippen molar-refractivity contribution in [2.24, 2.45) is 5.92 Å². The first kappa shape index (κ1) is 21.0. The molecule has 4 aromatic rings. The molecule has 0 bridgehead atoms. The van der Waals surface area contributed by atoms with E-state index >= 15 is 0 Å². The number of hydrogen-bond donors (Lipinski definition) is 1. The molecular weight excluding hydrogens is 438 g/mol. The molecule has 3 aromatic heterocycles. The Kier molecular flexibility index (Phi) is 5.65. The van der Waals surface area contributed by atoms with E-state index < -0.39 is 0 Å². The Hall–Kier alpha value is -2.84. The zero-order chi connectivity index (χ0) is 22.2. The molecule has 4 heterocycles. The van der Waals surface area contributed by atoms with Gasteiger partial charge < -0.3 is 10.2 Å². The second-order valence-electron chi connectivity index (χ2n) is 8.32. The minimum Gasteiger partial charge on any atom is -0.356 e. The molecule has 0 aliphatic carbocycles. The molecule has 5 rings (SSSR count). The summed E-state index contributed by atoms with van der Waals surface area (Å²) in [6, 6.07) is 8.27. The zero-order valence-electron chi connectivity index (χ0n) is 18.4. The lowest BCUT2D eigenvalue weighted by molar-refractivity contribution is -0.120. The first-order valence-corrected chi connectivity index (χ1v) is 12.5. The molecule has 0 radical (unpaired) electrons. The summed E-state index contributed by atoms with van der Waals surface area (Å²) in [4.78, 5) is 31.2. The van der Waals surface area contributed by atoms with Gasteiger partial charge in [0.2, 0.25) is 5.91 Å². The number of benzene rings is 1. The van der Waals surface area contributed by atoms with Gasteiger partial charge in [-0.2, -0.15) is 0 Å². The fourth-order valence-electron chi connectivity index (χ4n) is 4.15. The smallest absolute Gasteiger partial charge is 0.229 e. The Balaban J connectivity index is 1.23. The highest BCUT2D eigenvalue weighted by molar-refractivity contribution is 7.18. The third kappa shape index (κ3) is 4.00. The number of nitrogens with zero attached hydrogens (tertiary/aromatic N) is 4. The molecule has 0 saturated carbocycles. The van der Waals surface area contributed by atoms with Crippen LogP contribution in [0.15, 0.2) is 36.0 Å². The van der Waals surface area contributed by atoms with Gasteiger partial charge in [-0.05, 0) is 39.2 Å². The van der Waals surface area contributed by atoms with Crippen LogP contribution < -0.4 is 10.2 Å². The number of fused-ring (bicyclic) bond motifs is 1. The minimum atomic E-state index is -0.0133. The number of aryl methyl sites for hydroxylation is 3. The molecule has 1 N–H and O–H groups in total. The van der Waals surface area contributed by atoms with Gasteiger partial charge in [-0.3, -0.25) is 4.79 Å². The van der Waals surface area contributed by atoms with Gasteiger partial charge in [0.05, 0.1) is 11.1 Å². The van der Waals surface area contributed by atoms with E-state index in [4.69, 9.17) is 0 Å². The summed E-state index contributed by atoms with van der Waals surface area (Å²) in [5.74, 6) is 1.05. The highest BCUT2D eigenvalue weighted by atomic mass is 32.1. The molecule has 8 heteroatoms. The quantitative estimate of drug-likeness (QED) is 0.427. The van der Waals surface area contributed by atoms with Gasteiger partial charge in [0.25, 0.3) is 0 Å². The molecule has 164 valence electrons. The zero-order valence-corrected chi connectivity index (χ0v) is 20.0. The highest BCUT2D eigenvalue weighted by Gasteiger charge is 2.28. The van der Waals surface area contributed by atoms with Crippen LogP contribution in [0.25, 0.3) is 21.5 Å². The number of rotatable bonds is 4. The van der Waals surface area contributed by atoms with Crippen molar-refractivity contribution >= 4 is 49.7 Å². The summed E-state index contributed by atoms with van der Waals surface area (Å²) in [5, 5.41) is 6.85. The first-order chi connectivity index (χ1) is 15.5. The standard InChI is InChI=1S/C24H25N5OS2/c1-14-4-6-17(7-5-14)19-12-31-24(27-19)28-22(30)18-8-10-29(11-9-18)21-20-15(2)16(3)32-23(20)26-13-25-21/h4-7,12-13,18H,8-11H2,1-3H3,(H,27,28,30). The lowest BCUT2D eigenvalue weighted by Crippen LogP contribution is -2.38. The van der Waals surface area contributed by atoms with Crippen molar-refractivity contribution in [1.29, 1.82) is 0 Å². The first-order valence-electron chi connectivity index (χ1n) is 10.8. The minimum absolute atomic E-state index is 0.0133. The van der Waals surface area contributed by atoms with Gasteiger partial charge >= 0.3 is 0 Å². The van der Waals surface area contributed by atoms with E-state index in [9.17, 15) is 4.79 Å². The molecule has 1 fully saturated rings. The van der Waals surface area contributed by atoms with Gasteiger partial charge in [0, 0.05) is 34.8 Å². The van der Waals surface area contributed by atoms with Crippen LogP contribution in [-0.2, 0) is 4.79 Å². The summed E-state index contributed by atoms with van der Waals surface area (Å²) < 4.78 is 0. The SMILES string of the molecule is Cc1ccc(-c2csc(NC(=O)C3CCN(c4ncnc5sc(C)c(C)c45)CC3)n2)cc1. The Morgan fingerprint density at radius 3 is 2.59 bits per heavy atom. The van der Waals surface area contributed by atoms with Crippen LogP contribution in [-0.4, -0.2) is 33.9 Å². The summed E-state index contributed by atoms with van der Waals surface area (Å²) in [6.07, 6.45) is 3.26. The lowest BCUT2D eigenvalue weighted by atomic mass is 9.96. The average Bonchev–Trinajstić information content (AvgIpc) is 3.38. The third-order valence-electron chi connectivity index (χ3n) is 6.19. The number of aromatic nitrogens is 3. The number of amides is 1. The van der Waals surface area contributed by atoms with Gasteiger partial charge in [-0.25, -0.2) is 15.0 Å². The molecule has 1 amide bonds. The van der Waals surface area contributed by atoms with Crippen LogP contribution in [0.4, 0.5) is 10.9 Å². The van der Waals surface area contributed by atoms with Crippen LogP contribution in [0, 0.1) is 26.7 Å². The largest absolute Gasteiger partial charge is 0.356 e. The maximum atomic E-state index is 12.9. The molecule has 1 aliphatic rings. The lowest BCUT2D eigenvalue weighted by Gasteiger charge is -2.32. The summed E-state index contributed by atoms with van der Waals surface area (Å²) >= 11 is 3.19. The molecule has 0 atom stereocenters. The van der Waals surface area contributed by atoms with Gasteiger partial charge in [0.1, 0.15) is 17.0 Å². The molecular formula is C24H25N5OS2. The number of hydrogen-bond acceptors (Lipinski definition) is 7. The normalized spacial score (nSPS) is 14.8. The summed E-state index contributed by atoms with van der Waals surface area (Å²) in [5.41, 5.74) is 4.44. The fraction of sp³-hybridized carbons (Fsp3) is 0.333. The van der Waals surface area contributed by atoms with Crippen LogP contribution in [0.3, 0.4) is 0 Å². The van der Waals surface area contributed by atoms with E-state index in [0.717, 1.165) is 53.2 Å². The van der Waals surface area contributed by atoms with Crippen molar-refractivity contribution in [1.82, 2.24) is 15.0 Å². The predicted molar refractivity (Wildman–Crippen MR) is 133 cm³/mol. The molecule has 1 aliphatic heterocycles. The van der Waals surface area contributed by atoms with Gasteiger partial charge in [-0.15, -0.1) is 22.7 Å². The predicted octanol–water partition coefficient (Wildman–Crippen LogP) is 5.60. The van der Waals surface area contributed by atoms with Gasteiger partial charge in [-0.1, -0.05) is 29.8 Å². The fourth-order valence-corrected chi connectivity index (χ4v) is 5.87. The van der Waals surface area contributed by atoms with E-state index in [1.165, 1.54) is 27.3 Å². The van der Waals surface area contributed by atoms with Crippen molar-refractivity contribution in [3.05, 3.63) is 52.0 Å². The average molecular weight is 464 g/mol. The van der Waals surface area contributed by atoms with Crippen molar-refractivity contribution in [3.8, 4) is 11.3 Å².